The zero-order valence-corrected chi connectivity index (χ0v) is 14.7. The number of carbonyl (C=O) groups is 1. The number of thiazole rings is 1. The van der Waals surface area contributed by atoms with Crippen LogP contribution in [0.1, 0.15) is 27.7 Å². The predicted molar refractivity (Wildman–Crippen MR) is 101 cm³/mol. The molecule has 1 N–H and O–H groups in total. The highest BCUT2D eigenvalue weighted by molar-refractivity contribution is 7.16. The molecule has 0 fully saturated rings. The van der Waals surface area contributed by atoms with Gasteiger partial charge in [0.1, 0.15) is 5.75 Å². The largest absolute Gasteiger partial charge is 0.494 e. The van der Waals surface area contributed by atoms with Crippen molar-refractivity contribution in [3.05, 3.63) is 64.5 Å². The SMILES string of the molecule is CCOc1ccc(C(=O)Nc2nc3c(s2)CCc2ccccc2-3)cc1. The second-order valence-electron chi connectivity index (χ2n) is 5.86. The van der Waals surface area contributed by atoms with Crippen LogP contribution in [0.15, 0.2) is 48.5 Å². The number of ether oxygens (including phenoxy) is 1. The van der Waals surface area contributed by atoms with E-state index in [0.717, 1.165) is 24.3 Å². The molecule has 2 aromatic carbocycles. The smallest absolute Gasteiger partial charge is 0.257 e. The van der Waals surface area contributed by atoms with Gasteiger partial charge >= 0.3 is 0 Å². The maximum atomic E-state index is 12.5. The summed E-state index contributed by atoms with van der Waals surface area (Å²) in [6, 6.07) is 15.5. The van der Waals surface area contributed by atoms with E-state index in [0.29, 0.717) is 17.3 Å². The molecule has 1 heterocycles. The third-order valence-corrected chi connectivity index (χ3v) is 5.27. The van der Waals surface area contributed by atoms with Crippen LogP contribution in [0.5, 0.6) is 5.75 Å². The van der Waals surface area contributed by atoms with Crippen LogP contribution in [-0.4, -0.2) is 17.5 Å². The van der Waals surface area contributed by atoms with Crippen LogP contribution in [0.4, 0.5) is 5.13 Å². The second-order valence-corrected chi connectivity index (χ2v) is 6.94. The van der Waals surface area contributed by atoms with Gasteiger partial charge in [0.05, 0.1) is 12.3 Å². The molecule has 0 saturated heterocycles. The lowest BCUT2D eigenvalue weighted by Crippen LogP contribution is -2.11. The van der Waals surface area contributed by atoms with Gasteiger partial charge in [-0.25, -0.2) is 4.98 Å². The summed E-state index contributed by atoms with van der Waals surface area (Å²) in [5, 5.41) is 3.58. The molecule has 0 unspecified atom stereocenters. The number of benzene rings is 2. The zero-order valence-electron chi connectivity index (χ0n) is 13.9. The lowest BCUT2D eigenvalue weighted by molar-refractivity contribution is 0.102. The fraction of sp³-hybridized carbons (Fsp3) is 0.200. The van der Waals surface area contributed by atoms with Crippen molar-refractivity contribution < 1.29 is 9.53 Å². The molecule has 4 nitrogen and oxygen atoms in total. The lowest BCUT2D eigenvalue weighted by Gasteiger charge is -2.13. The number of aromatic nitrogens is 1. The fourth-order valence-electron chi connectivity index (χ4n) is 3.04. The van der Waals surface area contributed by atoms with Gasteiger partial charge in [0, 0.05) is 16.0 Å². The van der Waals surface area contributed by atoms with Crippen LogP contribution in [0.2, 0.25) is 0 Å². The summed E-state index contributed by atoms with van der Waals surface area (Å²) in [5.41, 5.74) is 4.11. The lowest BCUT2D eigenvalue weighted by atomic mass is 9.94. The molecule has 0 radical (unpaired) electrons. The number of amides is 1. The van der Waals surface area contributed by atoms with Crippen molar-refractivity contribution in [3.63, 3.8) is 0 Å². The van der Waals surface area contributed by atoms with E-state index in [1.165, 1.54) is 16.0 Å². The first-order valence-electron chi connectivity index (χ1n) is 8.37. The number of nitrogens with zero attached hydrogens (tertiary/aromatic N) is 1. The molecule has 1 aromatic heterocycles. The van der Waals surface area contributed by atoms with Crippen molar-refractivity contribution >= 4 is 22.4 Å². The van der Waals surface area contributed by atoms with Crippen molar-refractivity contribution in [2.75, 3.05) is 11.9 Å². The molecule has 25 heavy (non-hydrogen) atoms. The predicted octanol–water partition coefficient (Wildman–Crippen LogP) is 4.56. The maximum absolute atomic E-state index is 12.5. The molecule has 0 spiro atoms. The Bertz CT molecular complexity index is 916. The Hall–Kier alpha value is -2.66. The van der Waals surface area contributed by atoms with E-state index in [4.69, 9.17) is 4.74 Å². The van der Waals surface area contributed by atoms with Crippen LogP contribution in [0, 0.1) is 0 Å². The van der Waals surface area contributed by atoms with E-state index in [-0.39, 0.29) is 5.91 Å². The average Bonchev–Trinajstić information content (AvgIpc) is 3.05. The monoisotopic (exact) mass is 350 g/mol. The van der Waals surface area contributed by atoms with E-state index >= 15 is 0 Å². The van der Waals surface area contributed by atoms with Gasteiger partial charge in [-0.05, 0) is 49.6 Å². The van der Waals surface area contributed by atoms with Crippen LogP contribution < -0.4 is 10.1 Å². The molecule has 1 aliphatic rings. The normalized spacial score (nSPS) is 12.2. The summed E-state index contributed by atoms with van der Waals surface area (Å²) in [7, 11) is 0. The quantitative estimate of drug-likeness (QED) is 0.750. The first-order chi connectivity index (χ1) is 12.2. The van der Waals surface area contributed by atoms with Crippen LogP contribution in [0.3, 0.4) is 0 Å². The van der Waals surface area contributed by atoms with E-state index in [2.05, 4.69) is 28.5 Å². The number of nitrogens with one attached hydrogen (secondary N) is 1. The number of anilines is 1. The van der Waals surface area contributed by atoms with Crippen molar-refractivity contribution in [2.24, 2.45) is 0 Å². The van der Waals surface area contributed by atoms with Crippen molar-refractivity contribution in [2.45, 2.75) is 19.8 Å². The van der Waals surface area contributed by atoms with Gasteiger partial charge in [0.2, 0.25) is 0 Å². The molecular formula is C20H18N2O2S. The third-order valence-electron chi connectivity index (χ3n) is 4.24. The molecule has 5 heteroatoms. The highest BCUT2D eigenvalue weighted by atomic mass is 32.1. The minimum atomic E-state index is -0.151. The number of fused-ring (bicyclic) bond motifs is 3. The fourth-order valence-corrected chi connectivity index (χ4v) is 4.01. The average molecular weight is 350 g/mol. The van der Waals surface area contributed by atoms with Gasteiger partial charge in [0.15, 0.2) is 5.13 Å². The number of hydrogen-bond acceptors (Lipinski definition) is 4. The third kappa shape index (κ3) is 3.15. The molecule has 1 aliphatic carbocycles. The maximum Gasteiger partial charge on any atom is 0.257 e. The first kappa shape index (κ1) is 15.8. The molecule has 1 amide bonds. The number of aryl methyl sites for hydroxylation is 2. The van der Waals surface area contributed by atoms with Crippen molar-refractivity contribution in [1.29, 1.82) is 0 Å². The summed E-state index contributed by atoms with van der Waals surface area (Å²) in [4.78, 5) is 18.4. The van der Waals surface area contributed by atoms with E-state index in [1.54, 1.807) is 23.5 Å². The van der Waals surface area contributed by atoms with Crippen LogP contribution >= 0.6 is 11.3 Å². The van der Waals surface area contributed by atoms with Crippen molar-refractivity contribution in [3.8, 4) is 17.0 Å². The summed E-state index contributed by atoms with van der Waals surface area (Å²) in [6.07, 6.45) is 2.00. The number of rotatable bonds is 4. The molecule has 0 aliphatic heterocycles. The second kappa shape index (κ2) is 6.69. The van der Waals surface area contributed by atoms with Crippen LogP contribution in [-0.2, 0) is 12.8 Å². The summed E-state index contributed by atoms with van der Waals surface area (Å²) in [5.74, 6) is 0.614. The highest BCUT2D eigenvalue weighted by Gasteiger charge is 2.21. The molecule has 3 aromatic rings. The van der Waals surface area contributed by atoms with Crippen molar-refractivity contribution in [1.82, 2.24) is 4.98 Å². The number of carbonyl (C=O) groups excluding carboxylic acids is 1. The van der Waals surface area contributed by atoms with Gasteiger partial charge < -0.3 is 4.74 Å². The Labute approximate surface area is 150 Å². The van der Waals surface area contributed by atoms with Gasteiger partial charge in [-0.3, -0.25) is 10.1 Å². The van der Waals surface area contributed by atoms with Gasteiger partial charge in [-0.15, -0.1) is 11.3 Å². The van der Waals surface area contributed by atoms with Gasteiger partial charge in [-0.1, -0.05) is 24.3 Å². The Balaban J connectivity index is 1.54. The van der Waals surface area contributed by atoms with E-state index < -0.39 is 0 Å². The zero-order chi connectivity index (χ0) is 17.2. The van der Waals surface area contributed by atoms with E-state index in [9.17, 15) is 4.79 Å². The molecule has 0 bridgehead atoms. The minimum absolute atomic E-state index is 0.151. The van der Waals surface area contributed by atoms with Gasteiger partial charge in [0.25, 0.3) is 5.91 Å². The Morgan fingerprint density at radius 3 is 2.76 bits per heavy atom. The number of hydrogen-bond donors (Lipinski definition) is 1. The van der Waals surface area contributed by atoms with E-state index in [1.807, 2.05) is 25.1 Å². The standard InChI is InChI=1S/C20H18N2O2S/c1-2-24-15-10-7-14(8-11-15)19(23)22-20-21-18-16-6-4-3-5-13(16)9-12-17(18)25-20/h3-8,10-11H,2,9,12H2,1H3,(H,21,22,23). The Kier molecular flexibility index (Phi) is 4.24. The van der Waals surface area contributed by atoms with Gasteiger partial charge in [-0.2, -0.15) is 0 Å². The highest BCUT2D eigenvalue weighted by Crippen LogP contribution is 2.38. The topological polar surface area (TPSA) is 51.2 Å². The molecule has 4 rings (SSSR count). The first-order valence-corrected chi connectivity index (χ1v) is 9.18. The molecular weight excluding hydrogens is 332 g/mol. The molecule has 0 atom stereocenters. The minimum Gasteiger partial charge on any atom is -0.494 e. The Morgan fingerprint density at radius 2 is 1.96 bits per heavy atom. The van der Waals surface area contributed by atoms with Crippen LogP contribution in [0.25, 0.3) is 11.3 Å². The molecule has 126 valence electrons. The summed E-state index contributed by atoms with van der Waals surface area (Å²) < 4.78 is 5.41. The summed E-state index contributed by atoms with van der Waals surface area (Å²) >= 11 is 1.57. The molecule has 0 saturated carbocycles. The summed E-state index contributed by atoms with van der Waals surface area (Å²) in [6.45, 7) is 2.54. The Morgan fingerprint density at radius 1 is 1.16 bits per heavy atom.